The molecule has 2 aliphatic carbocycles. The van der Waals surface area contributed by atoms with Gasteiger partial charge in [0.1, 0.15) is 17.4 Å². The monoisotopic (exact) mass is 320 g/mol. The first-order chi connectivity index (χ1) is 10.7. The first-order valence-electron chi connectivity index (χ1n) is 8.20. The molecule has 0 aliphatic heterocycles. The van der Waals surface area contributed by atoms with Crippen molar-refractivity contribution in [2.45, 2.75) is 57.2 Å². The summed E-state index contributed by atoms with van der Waals surface area (Å²) in [5.41, 5.74) is 1.76. The normalized spacial score (nSPS) is 19.5. The molecule has 1 aromatic heterocycles. The molecule has 0 atom stereocenters. The van der Waals surface area contributed by atoms with Crippen molar-refractivity contribution in [1.82, 2.24) is 9.55 Å². The predicted molar refractivity (Wildman–Crippen MR) is 86.9 cm³/mol. The minimum atomic E-state index is 0.283. The second-order valence-corrected chi connectivity index (χ2v) is 6.83. The topological polar surface area (TPSA) is 36.3 Å². The van der Waals surface area contributed by atoms with Crippen molar-refractivity contribution in [3.05, 3.63) is 17.2 Å². The van der Waals surface area contributed by atoms with Gasteiger partial charge in [-0.05, 0) is 38.5 Å². The van der Waals surface area contributed by atoms with Crippen molar-refractivity contribution < 1.29 is 9.47 Å². The molecule has 0 saturated heterocycles. The second kappa shape index (κ2) is 5.65. The number of aromatic nitrogens is 2. The zero-order valence-electron chi connectivity index (χ0n) is 12.8. The van der Waals surface area contributed by atoms with Gasteiger partial charge in [-0.1, -0.05) is 18.0 Å². The maximum absolute atomic E-state index is 6.38. The van der Waals surface area contributed by atoms with Gasteiger partial charge in [0.25, 0.3) is 6.01 Å². The van der Waals surface area contributed by atoms with Crippen molar-refractivity contribution >= 4 is 22.6 Å². The van der Waals surface area contributed by atoms with E-state index in [9.17, 15) is 0 Å². The Morgan fingerprint density at radius 1 is 1.05 bits per heavy atom. The number of benzene rings is 1. The summed E-state index contributed by atoms with van der Waals surface area (Å²) in [6.45, 7) is 0. The molecule has 4 rings (SSSR count). The van der Waals surface area contributed by atoms with E-state index in [0.29, 0.717) is 17.1 Å². The average Bonchev–Trinajstić information content (AvgIpc) is 3.27. The molecule has 0 amide bonds. The van der Waals surface area contributed by atoms with E-state index in [4.69, 9.17) is 21.1 Å². The number of hydrogen-bond donors (Lipinski definition) is 0. The van der Waals surface area contributed by atoms with Crippen molar-refractivity contribution in [3.63, 3.8) is 0 Å². The summed E-state index contributed by atoms with van der Waals surface area (Å²) in [7, 11) is 1.98. The summed E-state index contributed by atoms with van der Waals surface area (Å²) in [5.74, 6) is 0.826. The molecule has 2 saturated carbocycles. The maximum Gasteiger partial charge on any atom is 0.297 e. The number of imidazole rings is 1. The van der Waals surface area contributed by atoms with E-state index in [1.807, 2.05) is 23.7 Å². The van der Waals surface area contributed by atoms with Crippen LogP contribution < -0.4 is 9.47 Å². The smallest absolute Gasteiger partial charge is 0.297 e. The largest absolute Gasteiger partial charge is 0.490 e. The summed E-state index contributed by atoms with van der Waals surface area (Å²) >= 11 is 6.38. The van der Waals surface area contributed by atoms with Crippen LogP contribution in [0.4, 0.5) is 0 Å². The quantitative estimate of drug-likeness (QED) is 0.833. The van der Waals surface area contributed by atoms with Gasteiger partial charge in [0.15, 0.2) is 0 Å². The maximum atomic E-state index is 6.38. The molecule has 5 heteroatoms. The molecule has 2 aromatic rings. The lowest BCUT2D eigenvalue weighted by atomic mass is 9.98. The molecule has 0 N–H and O–H groups in total. The van der Waals surface area contributed by atoms with Crippen LogP contribution in [0.5, 0.6) is 11.8 Å². The lowest BCUT2D eigenvalue weighted by Crippen LogP contribution is -2.21. The lowest BCUT2D eigenvalue weighted by molar-refractivity contribution is 0.138. The van der Waals surface area contributed by atoms with Gasteiger partial charge in [-0.15, -0.1) is 0 Å². The number of halogens is 1. The van der Waals surface area contributed by atoms with Crippen LogP contribution in [0.25, 0.3) is 11.0 Å². The van der Waals surface area contributed by atoms with Crippen LogP contribution >= 0.6 is 11.6 Å². The Labute approximate surface area is 135 Å². The number of rotatable bonds is 4. The first kappa shape index (κ1) is 14.2. The highest BCUT2D eigenvalue weighted by Gasteiger charge is 2.25. The Kier molecular flexibility index (Phi) is 3.65. The summed E-state index contributed by atoms with van der Waals surface area (Å²) < 4.78 is 14.0. The number of ether oxygens (including phenoxy) is 2. The van der Waals surface area contributed by atoms with Gasteiger partial charge in [-0.2, -0.15) is 4.98 Å². The third kappa shape index (κ3) is 2.76. The van der Waals surface area contributed by atoms with E-state index in [1.54, 1.807) is 0 Å². The van der Waals surface area contributed by atoms with Crippen molar-refractivity contribution in [3.8, 4) is 11.8 Å². The van der Waals surface area contributed by atoms with E-state index in [-0.39, 0.29) is 6.10 Å². The van der Waals surface area contributed by atoms with Crippen molar-refractivity contribution in [2.24, 2.45) is 7.05 Å². The molecule has 0 bridgehead atoms. The van der Waals surface area contributed by atoms with Gasteiger partial charge in [0.05, 0.1) is 16.6 Å². The molecule has 0 unspecified atom stereocenters. The molecule has 4 nitrogen and oxygen atoms in total. The summed E-state index contributed by atoms with van der Waals surface area (Å²) in [4.78, 5) is 4.60. The molecular formula is C17H21ClN2O2. The molecule has 0 spiro atoms. The van der Waals surface area contributed by atoms with Crippen LogP contribution in [0.15, 0.2) is 12.1 Å². The number of hydrogen-bond acceptors (Lipinski definition) is 3. The molecule has 0 radical (unpaired) electrons. The van der Waals surface area contributed by atoms with E-state index < -0.39 is 0 Å². The second-order valence-electron chi connectivity index (χ2n) is 6.42. The summed E-state index contributed by atoms with van der Waals surface area (Å²) in [5, 5.41) is 0.627. The third-order valence-corrected chi connectivity index (χ3v) is 4.81. The highest BCUT2D eigenvalue weighted by Crippen LogP contribution is 2.35. The van der Waals surface area contributed by atoms with E-state index in [0.717, 1.165) is 42.5 Å². The molecular weight excluding hydrogens is 300 g/mol. The highest BCUT2D eigenvalue weighted by molar-refractivity contribution is 6.35. The Morgan fingerprint density at radius 3 is 2.50 bits per heavy atom. The number of fused-ring (bicyclic) bond motifs is 1. The van der Waals surface area contributed by atoms with E-state index in [2.05, 4.69) is 4.98 Å². The first-order valence-corrected chi connectivity index (χ1v) is 8.58. The third-order valence-electron chi connectivity index (χ3n) is 4.52. The molecule has 2 aliphatic rings. The Balaban J connectivity index is 1.64. The molecule has 1 aromatic carbocycles. The number of aryl methyl sites for hydroxylation is 1. The van der Waals surface area contributed by atoms with Crippen LogP contribution in [-0.2, 0) is 7.05 Å². The lowest BCUT2D eigenvalue weighted by Gasteiger charge is -2.22. The van der Waals surface area contributed by atoms with Crippen molar-refractivity contribution in [1.29, 1.82) is 0 Å². The molecule has 22 heavy (non-hydrogen) atoms. The summed E-state index contributed by atoms with van der Waals surface area (Å²) in [6, 6.07) is 4.53. The van der Waals surface area contributed by atoms with E-state index >= 15 is 0 Å². The fraction of sp³-hybridized carbons (Fsp3) is 0.588. The van der Waals surface area contributed by atoms with Crippen LogP contribution in [0, 0.1) is 0 Å². The van der Waals surface area contributed by atoms with Gasteiger partial charge in [0, 0.05) is 19.2 Å². The Morgan fingerprint density at radius 2 is 1.77 bits per heavy atom. The minimum absolute atomic E-state index is 0.283. The summed E-state index contributed by atoms with van der Waals surface area (Å²) in [6.07, 6.45) is 8.96. The van der Waals surface area contributed by atoms with Gasteiger partial charge in [-0.25, -0.2) is 0 Å². The Bertz CT molecular complexity index is 688. The fourth-order valence-corrected chi connectivity index (χ4v) is 3.33. The van der Waals surface area contributed by atoms with E-state index in [1.165, 1.54) is 19.3 Å². The zero-order chi connectivity index (χ0) is 15.1. The van der Waals surface area contributed by atoms with Crippen LogP contribution in [0.1, 0.15) is 44.9 Å². The molecule has 118 valence electrons. The highest BCUT2D eigenvalue weighted by atomic mass is 35.5. The van der Waals surface area contributed by atoms with Crippen LogP contribution in [-0.4, -0.2) is 21.8 Å². The SMILES string of the molecule is Cn1c(OC2CCCCC2)nc2c(Cl)cc(OC3CC3)cc21. The fourth-order valence-electron chi connectivity index (χ4n) is 3.08. The zero-order valence-corrected chi connectivity index (χ0v) is 13.6. The standard InChI is InChI=1S/C17H21ClN2O2/c1-20-15-10-13(21-12-7-8-12)9-14(18)16(15)19-17(20)22-11-5-3-2-4-6-11/h9-12H,2-8H2,1H3. The van der Waals surface area contributed by atoms with Gasteiger partial charge in [-0.3, -0.25) is 4.57 Å². The van der Waals surface area contributed by atoms with Gasteiger partial charge >= 0.3 is 0 Å². The van der Waals surface area contributed by atoms with Gasteiger partial charge < -0.3 is 9.47 Å². The Hall–Kier alpha value is -1.42. The molecule has 1 heterocycles. The van der Waals surface area contributed by atoms with Crippen LogP contribution in [0.3, 0.4) is 0 Å². The minimum Gasteiger partial charge on any atom is -0.490 e. The number of nitrogens with zero attached hydrogens (tertiary/aromatic N) is 2. The molecule has 2 fully saturated rings. The average molecular weight is 321 g/mol. The van der Waals surface area contributed by atoms with Crippen molar-refractivity contribution in [2.75, 3.05) is 0 Å². The van der Waals surface area contributed by atoms with Crippen LogP contribution in [0.2, 0.25) is 5.02 Å². The predicted octanol–water partition coefficient (Wildman–Crippen LogP) is 4.48. The van der Waals surface area contributed by atoms with Gasteiger partial charge in [0.2, 0.25) is 0 Å².